The summed E-state index contributed by atoms with van der Waals surface area (Å²) in [5.74, 6) is 5.24. The van der Waals surface area contributed by atoms with E-state index in [4.69, 9.17) is 67.5 Å². The number of unbranched alkanes of at least 4 members (excludes halogenated alkanes) is 2. The third-order valence-corrected chi connectivity index (χ3v) is 8.12. The van der Waals surface area contributed by atoms with E-state index in [0.717, 1.165) is 92.2 Å². The fraction of sp³-hybridized carbons (Fsp3) is 0.500. The van der Waals surface area contributed by atoms with Gasteiger partial charge in [-0.2, -0.15) is 0 Å². The molecule has 0 fully saturated rings. The number of rotatable bonds is 19. The monoisotopic (exact) mass is 782 g/mol. The Bertz CT molecular complexity index is 1250. The Morgan fingerprint density at radius 2 is 1.06 bits per heavy atom. The number of ketones is 2. The Morgan fingerprint density at radius 3 is 1.50 bits per heavy atom. The number of ether oxygens (including phenoxy) is 2. The van der Waals surface area contributed by atoms with Crippen molar-refractivity contribution in [2.75, 3.05) is 75.3 Å². The smallest absolute Gasteiger partial charge is 0.160 e. The number of nitrogens with one attached hydrogen (secondary N) is 1. The normalized spacial score (nSPS) is 12.6. The average Bonchev–Trinajstić information content (AvgIpc) is 3.07. The fourth-order valence-electron chi connectivity index (χ4n) is 4.68. The first-order valence-corrected chi connectivity index (χ1v) is 18.8. The molecule has 2 aliphatic rings. The number of nitrogens with zero attached hydrogens (tertiary/aromatic N) is 1. The summed E-state index contributed by atoms with van der Waals surface area (Å²) in [7, 11) is 0. The van der Waals surface area contributed by atoms with Crippen molar-refractivity contribution in [2.45, 2.75) is 38.5 Å². The molecule has 0 unspecified atom stereocenters. The molecule has 0 bridgehead atoms. The molecule has 2 aromatic carbocycles. The van der Waals surface area contributed by atoms with Crippen LogP contribution in [0.15, 0.2) is 48.6 Å². The quantitative estimate of drug-likeness (QED) is 0.114. The zero-order valence-corrected chi connectivity index (χ0v) is 32.0. The van der Waals surface area contributed by atoms with Crippen LogP contribution >= 0.6 is 70.4 Å². The summed E-state index contributed by atoms with van der Waals surface area (Å²) in [6, 6.07) is 11.8. The molecule has 1 N–H and O–H groups in total. The molecule has 0 amide bonds. The summed E-state index contributed by atoms with van der Waals surface area (Å²) >= 11 is 27.8. The van der Waals surface area contributed by atoms with Gasteiger partial charge in [-0.1, -0.05) is 24.3 Å². The van der Waals surface area contributed by atoms with Crippen LogP contribution in [0.1, 0.15) is 47.9 Å². The first-order chi connectivity index (χ1) is 22.9. The second-order valence-corrected chi connectivity index (χ2v) is 12.7. The largest absolute Gasteiger partial charge is 0.494 e. The number of halogens is 6. The molecule has 0 aromatic heterocycles. The Balaban J connectivity index is 0.000000405. The van der Waals surface area contributed by atoms with Crippen LogP contribution in [-0.4, -0.2) is 91.8 Å². The van der Waals surface area contributed by atoms with Crippen LogP contribution < -0.4 is 14.8 Å². The highest BCUT2D eigenvalue weighted by atomic mass is 35.5. The zero-order chi connectivity index (χ0) is 34.1. The van der Waals surface area contributed by atoms with Crippen LogP contribution in [0.5, 0.6) is 11.5 Å². The van der Waals surface area contributed by atoms with Crippen LogP contribution in [0.2, 0.25) is 0 Å². The summed E-state index contributed by atoms with van der Waals surface area (Å²) in [5, 5.41) is 3.02. The number of benzene rings is 2. The molecule has 0 aliphatic heterocycles. The van der Waals surface area contributed by atoms with Gasteiger partial charge in [0.15, 0.2) is 11.6 Å². The summed E-state index contributed by atoms with van der Waals surface area (Å²) in [6.07, 6.45) is 11.9. The Kier molecular flexibility index (Phi) is 26.2. The van der Waals surface area contributed by atoms with E-state index in [9.17, 15) is 9.59 Å². The molecule has 2 aliphatic carbocycles. The Hall–Kier alpha value is -1.48. The maximum absolute atomic E-state index is 11.5. The highest BCUT2D eigenvalue weighted by Gasteiger charge is 2.12. The van der Waals surface area contributed by atoms with Crippen molar-refractivity contribution in [2.24, 2.45) is 0 Å². The van der Waals surface area contributed by atoms with Gasteiger partial charge in [-0.05, 0) is 90.9 Å². The van der Waals surface area contributed by atoms with Gasteiger partial charge in [0, 0.05) is 68.4 Å². The maximum atomic E-state index is 11.5. The lowest BCUT2D eigenvalue weighted by molar-refractivity contribution is -0.114. The molecule has 268 valence electrons. The minimum atomic E-state index is 0. The van der Waals surface area contributed by atoms with Crippen molar-refractivity contribution in [3.63, 3.8) is 0 Å². The number of allylic oxidation sites excluding steroid dienone is 2. The van der Waals surface area contributed by atoms with Gasteiger partial charge >= 0.3 is 0 Å². The van der Waals surface area contributed by atoms with Crippen LogP contribution in [0.3, 0.4) is 0 Å². The molecule has 0 saturated carbocycles. The molecule has 4 rings (SSSR count). The molecular weight excluding hydrogens is 737 g/mol. The van der Waals surface area contributed by atoms with Gasteiger partial charge in [0.25, 0.3) is 0 Å². The van der Waals surface area contributed by atoms with E-state index in [2.05, 4.69) is 10.2 Å². The van der Waals surface area contributed by atoms with Gasteiger partial charge in [0.2, 0.25) is 0 Å². The number of alkyl halides is 5. The zero-order valence-electron chi connectivity index (χ0n) is 27.4. The first kappa shape index (κ1) is 44.5. The van der Waals surface area contributed by atoms with Crippen molar-refractivity contribution in [1.82, 2.24) is 10.2 Å². The van der Waals surface area contributed by atoms with E-state index in [1.165, 1.54) is 0 Å². The van der Waals surface area contributed by atoms with E-state index in [1.54, 1.807) is 12.2 Å². The molecule has 48 heavy (non-hydrogen) atoms. The van der Waals surface area contributed by atoms with E-state index < -0.39 is 0 Å². The van der Waals surface area contributed by atoms with Gasteiger partial charge < -0.3 is 19.7 Å². The van der Waals surface area contributed by atoms with Gasteiger partial charge in [-0.15, -0.1) is 70.4 Å². The third-order valence-electron chi connectivity index (χ3n) is 7.13. The van der Waals surface area contributed by atoms with Crippen LogP contribution in [0.25, 0.3) is 12.2 Å². The lowest BCUT2D eigenvalue weighted by Crippen LogP contribution is -2.29. The Morgan fingerprint density at radius 1 is 0.583 bits per heavy atom. The standard InChI is InChI=1S/C18H23Cl2NO2.C14H15ClO2.C4H9Cl2N.ClH/c19-7-10-21(11-8-20)9-1-2-12-23-18-6-4-15-3-5-17(22)13-16(15)14-18;15-7-1-2-8-17-14-6-4-11-3-5-13(16)9-12(11)10-14;5-1-3-7-4-2-6;/h3-6,14H,1-2,7-13H2;3-6,10H,1-2,7-9H2;7H,1-4H2;1H. The van der Waals surface area contributed by atoms with Crippen molar-refractivity contribution < 1.29 is 19.1 Å². The number of hydrogen-bond donors (Lipinski definition) is 1. The minimum Gasteiger partial charge on any atom is -0.494 e. The van der Waals surface area contributed by atoms with Crippen molar-refractivity contribution in [3.05, 3.63) is 70.8 Å². The molecule has 0 spiro atoms. The topological polar surface area (TPSA) is 67.9 Å². The summed E-state index contributed by atoms with van der Waals surface area (Å²) in [5.41, 5.74) is 4.31. The van der Waals surface area contributed by atoms with Gasteiger partial charge in [0.1, 0.15) is 11.5 Å². The van der Waals surface area contributed by atoms with Gasteiger partial charge in [-0.3, -0.25) is 9.59 Å². The van der Waals surface area contributed by atoms with E-state index in [1.807, 2.05) is 48.6 Å². The van der Waals surface area contributed by atoms with Crippen molar-refractivity contribution in [3.8, 4) is 11.5 Å². The predicted molar refractivity (Wildman–Crippen MR) is 208 cm³/mol. The van der Waals surface area contributed by atoms with E-state index >= 15 is 0 Å². The van der Waals surface area contributed by atoms with Gasteiger partial charge in [-0.25, -0.2) is 0 Å². The number of carbonyl (C=O) groups excluding carboxylic acids is 2. The SMILES string of the molecule is Cl.ClCCNCCCl.O=C1C=Cc2ccc(OCCCCCl)cc2C1.O=C1C=Cc2ccc(OCCCCN(CCCl)CCCl)cc2C1. The highest BCUT2D eigenvalue weighted by molar-refractivity contribution is 6.19. The fourth-order valence-corrected chi connectivity index (χ4v) is 5.62. The Labute approximate surface area is 317 Å². The number of carbonyl (C=O) groups is 2. The van der Waals surface area contributed by atoms with Crippen LogP contribution in [-0.2, 0) is 22.4 Å². The highest BCUT2D eigenvalue weighted by Crippen LogP contribution is 2.24. The summed E-state index contributed by atoms with van der Waals surface area (Å²) in [4.78, 5) is 25.0. The second kappa shape index (κ2) is 28.2. The number of fused-ring (bicyclic) bond motifs is 2. The summed E-state index contributed by atoms with van der Waals surface area (Å²) in [6.45, 7) is 5.81. The molecule has 0 saturated heterocycles. The van der Waals surface area contributed by atoms with Crippen LogP contribution in [0, 0.1) is 0 Å². The average molecular weight is 786 g/mol. The predicted octanol–water partition coefficient (Wildman–Crippen LogP) is 8.46. The lowest BCUT2D eigenvalue weighted by atomic mass is 9.96. The minimum absolute atomic E-state index is 0. The molecular formula is C36H48Cl6N2O4. The van der Waals surface area contributed by atoms with Gasteiger partial charge in [0.05, 0.1) is 13.2 Å². The molecule has 0 radical (unpaired) electrons. The van der Waals surface area contributed by atoms with Crippen molar-refractivity contribution >= 4 is 94.1 Å². The third kappa shape index (κ3) is 19.1. The molecule has 0 heterocycles. The molecule has 12 heteroatoms. The van der Waals surface area contributed by atoms with E-state index in [0.29, 0.717) is 55.5 Å². The molecule has 0 atom stereocenters. The number of hydrogen-bond acceptors (Lipinski definition) is 6. The molecule has 2 aromatic rings. The summed E-state index contributed by atoms with van der Waals surface area (Å²) < 4.78 is 11.4. The maximum Gasteiger partial charge on any atom is 0.160 e. The van der Waals surface area contributed by atoms with Crippen LogP contribution in [0.4, 0.5) is 0 Å². The van der Waals surface area contributed by atoms with Crippen molar-refractivity contribution in [1.29, 1.82) is 0 Å². The molecule has 6 nitrogen and oxygen atoms in total. The first-order valence-electron chi connectivity index (χ1n) is 16.1. The second-order valence-electron chi connectivity index (χ2n) is 10.8. The lowest BCUT2D eigenvalue weighted by Gasteiger charge is -2.19. The van der Waals surface area contributed by atoms with E-state index in [-0.39, 0.29) is 24.0 Å².